The lowest BCUT2D eigenvalue weighted by Crippen LogP contribution is -2.55. The number of halogens is 1. The van der Waals surface area contributed by atoms with Crippen LogP contribution in [0.15, 0.2) is 76.7 Å². The Kier molecular flexibility index (Phi) is 11.8. The summed E-state index contributed by atoms with van der Waals surface area (Å²) in [5.74, 6) is 0.616. The Bertz CT molecular complexity index is 1850. The average molecular weight is 785 g/mol. The highest BCUT2D eigenvalue weighted by atomic mass is 127. The van der Waals surface area contributed by atoms with E-state index in [0.29, 0.717) is 44.3 Å². The predicted octanol–water partition coefficient (Wildman–Crippen LogP) is 4.18. The van der Waals surface area contributed by atoms with Gasteiger partial charge in [-0.3, -0.25) is 14.4 Å². The molecule has 0 saturated carbocycles. The molecule has 3 atom stereocenters. The molecule has 3 N–H and O–H groups in total. The number of para-hydroxylation sites is 2. The summed E-state index contributed by atoms with van der Waals surface area (Å²) >= 11 is 2.00. The fraction of sp³-hybridized carbons (Fsp3) is 0.306. The molecule has 0 bridgehead atoms. The van der Waals surface area contributed by atoms with Crippen molar-refractivity contribution in [3.63, 3.8) is 0 Å². The smallest absolute Gasteiger partial charge is 0.289 e. The lowest BCUT2D eigenvalue weighted by Gasteiger charge is -2.40. The number of amides is 2. The molecule has 0 unspecified atom stereocenters. The highest BCUT2D eigenvalue weighted by molar-refractivity contribution is 14.1. The second-order valence-electron chi connectivity index (χ2n) is 11.2. The molecule has 0 saturated heterocycles. The molecular formula is C36H37IN2O10. The van der Waals surface area contributed by atoms with Gasteiger partial charge >= 0.3 is 0 Å². The van der Waals surface area contributed by atoms with E-state index in [1.165, 1.54) is 31.3 Å². The summed E-state index contributed by atoms with van der Waals surface area (Å²) in [6.07, 6.45) is 0.0473. The van der Waals surface area contributed by atoms with Gasteiger partial charge in [-0.15, -0.1) is 0 Å². The number of ether oxygens (including phenoxy) is 4. The third kappa shape index (κ3) is 7.84. The predicted molar refractivity (Wildman–Crippen MR) is 189 cm³/mol. The summed E-state index contributed by atoms with van der Waals surface area (Å²) in [5, 5.41) is 24.7. The molecule has 5 rings (SSSR count). The lowest BCUT2D eigenvalue weighted by atomic mass is 9.87. The number of nitrogens with one attached hydrogen (secondary N) is 1. The minimum absolute atomic E-state index is 0.00502. The van der Waals surface area contributed by atoms with Crippen molar-refractivity contribution in [1.29, 1.82) is 0 Å². The molecule has 0 radical (unpaired) electrons. The standard InChI is InChI=1S/C36H37IN2O10/c1-45-27-9-5-4-7-22(27)11-13-39(36(44)31-18-23-8-6-10-28(46-2)33(23)49-31)26-17-24(35(43)38-12-14-40)19-29(32(26)42)48-34-25(37)15-21(20-41)16-30(34)47-3/h4-10,15-16,18-20,26,29,32,40,42H,11-14,17H2,1-3H3,(H,38,43)/t26-,29+,32+/m1/s1. The van der Waals surface area contributed by atoms with Gasteiger partial charge < -0.3 is 43.8 Å². The van der Waals surface area contributed by atoms with E-state index < -0.39 is 30.1 Å². The first-order chi connectivity index (χ1) is 23.7. The Morgan fingerprint density at radius 1 is 1.02 bits per heavy atom. The molecule has 4 aromatic rings. The van der Waals surface area contributed by atoms with E-state index in [9.17, 15) is 24.6 Å². The maximum Gasteiger partial charge on any atom is 0.289 e. The Morgan fingerprint density at radius 3 is 2.47 bits per heavy atom. The molecule has 0 fully saturated rings. The molecule has 0 aliphatic heterocycles. The van der Waals surface area contributed by atoms with Gasteiger partial charge in [-0.05, 0) is 71.0 Å². The minimum atomic E-state index is -1.33. The number of aldehydes is 1. The van der Waals surface area contributed by atoms with Crippen LogP contribution in [0.4, 0.5) is 0 Å². The second kappa shape index (κ2) is 16.2. The van der Waals surface area contributed by atoms with Gasteiger partial charge in [-0.1, -0.05) is 30.3 Å². The number of aliphatic hydroxyl groups excluding tert-OH is 2. The number of rotatable bonds is 14. The van der Waals surface area contributed by atoms with Crippen LogP contribution in [-0.4, -0.2) is 92.5 Å². The fourth-order valence-corrected chi connectivity index (χ4v) is 6.60. The first-order valence-corrected chi connectivity index (χ1v) is 16.6. The van der Waals surface area contributed by atoms with Gasteiger partial charge in [0.15, 0.2) is 28.6 Å². The molecule has 49 heavy (non-hydrogen) atoms. The number of carbonyl (C=O) groups excluding carboxylic acids is 3. The number of methoxy groups -OCH3 is 3. The SMILES string of the molecule is COc1ccccc1CCN(C(=O)c1cc2cccc(OC)c2o1)[C@@H]1CC(C(=O)NCCO)=C[C@H](Oc2c(I)cc(C=O)cc2OC)[C@H]1O. The van der Waals surface area contributed by atoms with Crippen molar-refractivity contribution in [1.82, 2.24) is 10.2 Å². The van der Waals surface area contributed by atoms with E-state index in [1.54, 1.807) is 37.4 Å². The average Bonchev–Trinajstić information content (AvgIpc) is 3.57. The quantitative estimate of drug-likeness (QED) is 0.125. The van der Waals surface area contributed by atoms with Gasteiger partial charge in [0.05, 0.1) is 37.5 Å². The molecular weight excluding hydrogens is 747 g/mol. The van der Waals surface area contributed by atoms with Gasteiger partial charge in [0.1, 0.15) is 24.2 Å². The van der Waals surface area contributed by atoms with Crippen LogP contribution in [-0.2, 0) is 11.2 Å². The third-order valence-electron chi connectivity index (χ3n) is 8.27. The Hall–Kier alpha value is -4.60. The van der Waals surface area contributed by atoms with Crippen molar-refractivity contribution >= 4 is 51.7 Å². The molecule has 1 aromatic heterocycles. The molecule has 1 heterocycles. The highest BCUT2D eigenvalue weighted by Crippen LogP contribution is 2.37. The number of carbonyl (C=O) groups is 3. The summed E-state index contributed by atoms with van der Waals surface area (Å²) < 4.78 is 29.4. The molecule has 0 spiro atoms. The number of hydrogen-bond acceptors (Lipinski definition) is 10. The maximum absolute atomic E-state index is 14.5. The van der Waals surface area contributed by atoms with E-state index in [1.807, 2.05) is 46.9 Å². The largest absolute Gasteiger partial charge is 0.496 e. The summed E-state index contributed by atoms with van der Waals surface area (Å²) in [4.78, 5) is 40.8. The van der Waals surface area contributed by atoms with Gasteiger partial charge in [-0.25, -0.2) is 0 Å². The van der Waals surface area contributed by atoms with E-state index in [2.05, 4.69) is 5.32 Å². The van der Waals surface area contributed by atoms with Crippen LogP contribution in [0.25, 0.3) is 11.0 Å². The van der Waals surface area contributed by atoms with Crippen LogP contribution < -0.4 is 24.3 Å². The normalized spacial score (nSPS) is 17.2. The van der Waals surface area contributed by atoms with Gasteiger partial charge in [0, 0.05) is 36.0 Å². The van der Waals surface area contributed by atoms with E-state index in [-0.39, 0.29) is 48.9 Å². The van der Waals surface area contributed by atoms with Gasteiger partial charge in [0.2, 0.25) is 5.91 Å². The topological polar surface area (TPSA) is 157 Å². The van der Waals surface area contributed by atoms with E-state index in [4.69, 9.17) is 23.4 Å². The highest BCUT2D eigenvalue weighted by Gasteiger charge is 2.42. The lowest BCUT2D eigenvalue weighted by molar-refractivity contribution is -0.118. The van der Waals surface area contributed by atoms with Crippen LogP contribution in [0.3, 0.4) is 0 Å². The number of hydrogen-bond donors (Lipinski definition) is 3. The van der Waals surface area contributed by atoms with Crippen molar-refractivity contribution in [3.05, 3.63) is 92.8 Å². The van der Waals surface area contributed by atoms with Crippen LogP contribution in [0.2, 0.25) is 0 Å². The maximum atomic E-state index is 14.5. The van der Waals surface area contributed by atoms with Crippen molar-refractivity contribution in [2.45, 2.75) is 31.1 Å². The fourth-order valence-electron chi connectivity index (χ4n) is 5.85. The van der Waals surface area contributed by atoms with Crippen molar-refractivity contribution in [3.8, 4) is 23.0 Å². The second-order valence-corrected chi connectivity index (χ2v) is 12.4. The molecule has 1 aliphatic rings. The molecule has 3 aromatic carbocycles. The van der Waals surface area contributed by atoms with Crippen LogP contribution in [0.1, 0.15) is 32.9 Å². The van der Waals surface area contributed by atoms with Gasteiger partial charge in [0.25, 0.3) is 5.91 Å². The summed E-state index contributed by atoms with van der Waals surface area (Å²) in [6, 6.07) is 16.5. The van der Waals surface area contributed by atoms with Crippen LogP contribution in [0, 0.1) is 3.57 Å². The number of nitrogens with zero attached hydrogens (tertiary/aromatic N) is 1. The first-order valence-electron chi connectivity index (χ1n) is 15.5. The Morgan fingerprint density at radius 2 is 1.76 bits per heavy atom. The first kappa shape index (κ1) is 35.7. The summed E-state index contributed by atoms with van der Waals surface area (Å²) in [5.41, 5.74) is 1.84. The molecule has 258 valence electrons. The van der Waals surface area contributed by atoms with Crippen LogP contribution in [0.5, 0.6) is 23.0 Å². The minimum Gasteiger partial charge on any atom is -0.496 e. The van der Waals surface area contributed by atoms with Crippen molar-refractivity contribution in [2.75, 3.05) is 41.0 Å². The zero-order chi connectivity index (χ0) is 35.1. The van der Waals surface area contributed by atoms with Crippen molar-refractivity contribution < 1.29 is 48.0 Å². The summed E-state index contributed by atoms with van der Waals surface area (Å²) in [7, 11) is 4.50. The zero-order valence-corrected chi connectivity index (χ0v) is 29.3. The number of benzene rings is 3. The molecule has 2 amide bonds. The Balaban J connectivity index is 1.58. The van der Waals surface area contributed by atoms with Gasteiger partial charge in [-0.2, -0.15) is 0 Å². The third-order valence-corrected chi connectivity index (χ3v) is 9.07. The van der Waals surface area contributed by atoms with E-state index in [0.717, 1.165) is 5.56 Å². The zero-order valence-electron chi connectivity index (χ0n) is 27.2. The van der Waals surface area contributed by atoms with Crippen LogP contribution >= 0.6 is 22.6 Å². The monoisotopic (exact) mass is 784 g/mol. The Labute approximate surface area is 296 Å². The number of fused-ring (bicyclic) bond motifs is 1. The van der Waals surface area contributed by atoms with E-state index >= 15 is 0 Å². The van der Waals surface area contributed by atoms with Crippen molar-refractivity contribution in [2.24, 2.45) is 0 Å². The molecule has 13 heteroatoms. The number of aliphatic hydroxyl groups is 2. The number of furan rings is 1. The summed E-state index contributed by atoms with van der Waals surface area (Å²) in [6.45, 7) is -0.157. The molecule has 1 aliphatic carbocycles. The molecule has 12 nitrogen and oxygen atoms in total.